The van der Waals surface area contributed by atoms with E-state index in [0.29, 0.717) is 5.92 Å². The first-order valence-electron chi connectivity index (χ1n) is 5.37. The lowest BCUT2D eigenvalue weighted by atomic mass is 9.84. The van der Waals surface area contributed by atoms with Gasteiger partial charge in [-0.25, -0.2) is 10.2 Å². The summed E-state index contributed by atoms with van der Waals surface area (Å²) in [5.41, 5.74) is 10.6. The van der Waals surface area contributed by atoms with Crippen LogP contribution in [0.3, 0.4) is 0 Å². The van der Waals surface area contributed by atoms with Crippen molar-refractivity contribution in [1.29, 1.82) is 0 Å². The second kappa shape index (κ2) is 4.35. The molecule has 1 aromatic rings. The van der Waals surface area contributed by atoms with E-state index in [1.165, 1.54) is 5.56 Å². The van der Waals surface area contributed by atoms with E-state index in [1.807, 2.05) is 18.2 Å². The molecular formula is C12H15N3O. The SMILES string of the molecule is CC1CC(=NNC(N)=O)c2ccccc2C1. The van der Waals surface area contributed by atoms with Crippen LogP contribution in [-0.2, 0) is 6.42 Å². The van der Waals surface area contributed by atoms with Gasteiger partial charge in [-0.3, -0.25) is 0 Å². The van der Waals surface area contributed by atoms with Gasteiger partial charge in [0.1, 0.15) is 0 Å². The van der Waals surface area contributed by atoms with Crippen molar-refractivity contribution in [2.45, 2.75) is 19.8 Å². The summed E-state index contributed by atoms with van der Waals surface area (Å²) in [4.78, 5) is 10.6. The molecule has 0 saturated carbocycles. The summed E-state index contributed by atoms with van der Waals surface area (Å²) in [7, 11) is 0. The summed E-state index contributed by atoms with van der Waals surface area (Å²) in [6.45, 7) is 2.18. The number of nitrogens with two attached hydrogens (primary N) is 1. The van der Waals surface area contributed by atoms with E-state index in [2.05, 4.69) is 23.5 Å². The van der Waals surface area contributed by atoms with Gasteiger partial charge in [0.15, 0.2) is 0 Å². The number of nitrogens with one attached hydrogen (secondary N) is 1. The minimum atomic E-state index is -0.622. The monoisotopic (exact) mass is 217 g/mol. The number of rotatable bonds is 1. The summed E-state index contributed by atoms with van der Waals surface area (Å²) in [6.07, 6.45) is 1.93. The van der Waals surface area contributed by atoms with Crippen LogP contribution in [0.2, 0.25) is 0 Å². The van der Waals surface area contributed by atoms with Crippen LogP contribution in [0.25, 0.3) is 0 Å². The Hall–Kier alpha value is -1.84. The fourth-order valence-electron chi connectivity index (χ4n) is 2.10. The Kier molecular flexibility index (Phi) is 2.90. The Morgan fingerprint density at radius 2 is 2.19 bits per heavy atom. The van der Waals surface area contributed by atoms with E-state index >= 15 is 0 Å². The molecule has 0 aliphatic heterocycles. The van der Waals surface area contributed by atoms with Crippen molar-refractivity contribution in [3.63, 3.8) is 0 Å². The number of primary amides is 1. The van der Waals surface area contributed by atoms with Gasteiger partial charge < -0.3 is 5.73 Å². The fourth-order valence-corrected chi connectivity index (χ4v) is 2.10. The van der Waals surface area contributed by atoms with Gasteiger partial charge >= 0.3 is 6.03 Å². The Bertz CT molecular complexity index is 440. The van der Waals surface area contributed by atoms with Gasteiger partial charge in [-0.2, -0.15) is 5.10 Å². The van der Waals surface area contributed by atoms with Crippen molar-refractivity contribution in [1.82, 2.24) is 5.43 Å². The largest absolute Gasteiger partial charge is 0.350 e. The van der Waals surface area contributed by atoms with E-state index in [1.54, 1.807) is 0 Å². The molecule has 2 amide bonds. The number of amides is 2. The molecule has 1 aliphatic rings. The first kappa shape index (κ1) is 10.7. The third-order valence-electron chi connectivity index (χ3n) is 2.74. The number of nitrogens with zero attached hydrogens (tertiary/aromatic N) is 1. The van der Waals surface area contributed by atoms with Crippen LogP contribution in [0.5, 0.6) is 0 Å². The molecule has 0 spiro atoms. The number of fused-ring (bicyclic) bond motifs is 1. The molecule has 0 aromatic heterocycles. The van der Waals surface area contributed by atoms with Crippen LogP contribution in [0.15, 0.2) is 29.4 Å². The molecule has 0 bridgehead atoms. The Balaban J connectivity index is 2.33. The Labute approximate surface area is 94.5 Å². The lowest BCUT2D eigenvalue weighted by Crippen LogP contribution is -2.28. The van der Waals surface area contributed by atoms with E-state index in [4.69, 9.17) is 5.73 Å². The molecule has 0 radical (unpaired) electrons. The molecule has 3 N–H and O–H groups in total. The summed E-state index contributed by atoms with van der Waals surface area (Å²) in [6, 6.07) is 7.51. The summed E-state index contributed by atoms with van der Waals surface area (Å²) in [5.74, 6) is 0.545. The van der Waals surface area contributed by atoms with Gasteiger partial charge in [-0.05, 0) is 24.3 Å². The fraction of sp³-hybridized carbons (Fsp3) is 0.333. The highest BCUT2D eigenvalue weighted by Crippen LogP contribution is 2.25. The molecule has 2 rings (SSSR count). The number of hydrogen-bond donors (Lipinski definition) is 2. The van der Waals surface area contributed by atoms with Gasteiger partial charge in [-0.1, -0.05) is 31.2 Å². The van der Waals surface area contributed by atoms with Crippen LogP contribution < -0.4 is 11.2 Å². The topological polar surface area (TPSA) is 67.5 Å². The van der Waals surface area contributed by atoms with Crippen LogP contribution in [0.4, 0.5) is 4.79 Å². The highest BCUT2D eigenvalue weighted by molar-refractivity contribution is 6.03. The van der Waals surface area contributed by atoms with E-state index in [0.717, 1.165) is 24.1 Å². The van der Waals surface area contributed by atoms with Crippen molar-refractivity contribution in [3.8, 4) is 0 Å². The predicted octanol–water partition coefficient (Wildman–Crippen LogP) is 1.64. The first-order valence-corrected chi connectivity index (χ1v) is 5.37. The third kappa shape index (κ3) is 2.21. The normalized spacial score (nSPS) is 21.6. The first-order chi connectivity index (χ1) is 7.66. The van der Waals surface area contributed by atoms with Crippen molar-refractivity contribution in [2.24, 2.45) is 16.8 Å². The summed E-state index contributed by atoms with van der Waals surface area (Å²) in [5, 5.41) is 4.07. The van der Waals surface area contributed by atoms with E-state index in [-0.39, 0.29) is 0 Å². The standard InChI is InChI=1S/C12H15N3O/c1-8-6-9-4-2-3-5-10(9)11(7-8)14-15-12(13)16/h2-5,8H,6-7H2,1H3,(H3,13,15,16). The van der Waals surface area contributed by atoms with Crippen molar-refractivity contribution < 1.29 is 4.79 Å². The number of hydrogen-bond acceptors (Lipinski definition) is 2. The zero-order valence-corrected chi connectivity index (χ0v) is 9.23. The molecule has 4 nitrogen and oxygen atoms in total. The molecule has 0 fully saturated rings. The van der Waals surface area contributed by atoms with Gasteiger partial charge in [-0.15, -0.1) is 0 Å². The van der Waals surface area contributed by atoms with E-state index in [9.17, 15) is 4.79 Å². The van der Waals surface area contributed by atoms with Crippen molar-refractivity contribution in [2.75, 3.05) is 0 Å². The summed E-state index contributed by atoms with van der Waals surface area (Å²) >= 11 is 0. The maximum Gasteiger partial charge on any atom is 0.332 e. The number of carbonyl (C=O) groups is 1. The lowest BCUT2D eigenvalue weighted by molar-refractivity contribution is 0.249. The highest BCUT2D eigenvalue weighted by Gasteiger charge is 2.20. The number of urea groups is 1. The van der Waals surface area contributed by atoms with Crippen LogP contribution in [0.1, 0.15) is 24.5 Å². The molecular weight excluding hydrogens is 202 g/mol. The smallest absolute Gasteiger partial charge is 0.332 e. The molecule has 1 atom stereocenters. The maximum absolute atomic E-state index is 10.6. The van der Waals surface area contributed by atoms with Gasteiger partial charge in [0.2, 0.25) is 0 Å². The molecule has 84 valence electrons. The molecule has 1 aromatic carbocycles. The molecule has 0 saturated heterocycles. The number of hydrazone groups is 1. The third-order valence-corrected chi connectivity index (χ3v) is 2.74. The van der Waals surface area contributed by atoms with E-state index < -0.39 is 6.03 Å². The van der Waals surface area contributed by atoms with Crippen molar-refractivity contribution >= 4 is 11.7 Å². The van der Waals surface area contributed by atoms with Gasteiger partial charge in [0.05, 0.1) is 5.71 Å². The summed E-state index contributed by atoms with van der Waals surface area (Å²) < 4.78 is 0. The van der Waals surface area contributed by atoms with Crippen LogP contribution in [0, 0.1) is 5.92 Å². The quantitative estimate of drug-likeness (QED) is 0.690. The van der Waals surface area contributed by atoms with Crippen LogP contribution in [-0.4, -0.2) is 11.7 Å². The average Bonchev–Trinajstić information content (AvgIpc) is 2.25. The molecule has 0 heterocycles. The molecule has 1 aliphatic carbocycles. The minimum Gasteiger partial charge on any atom is -0.350 e. The zero-order valence-electron chi connectivity index (χ0n) is 9.23. The zero-order chi connectivity index (χ0) is 11.5. The maximum atomic E-state index is 10.6. The Morgan fingerprint density at radius 1 is 1.44 bits per heavy atom. The number of carbonyl (C=O) groups excluding carboxylic acids is 1. The van der Waals surface area contributed by atoms with Crippen LogP contribution >= 0.6 is 0 Å². The van der Waals surface area contributed by atoms with Gasteiger partial charge in [0, 0.05) is 5.56 Å². The Morgan fingerprint density at radius 3 is 2.94 bits per heavy atom. The predicted molar refractivity (Wildman–Crippen MR) is 63.2 cm³/mol. The second-order valence-electron chi connectivity index (χ2n) is 4.21. The van der Waals surface area contributed by atoms with Crippen molar-refractivity contribution in [3.05, 3.63) is 35.4 Å². The molecule has 16 heavy (non-hydrogen) atoms. The number of benzene rings is 1. The van der Waals surface area contributed by atoms with Gasteiger partial charge in [0.25, 0.3) is 0 Å². The second-order valence-corrected chi connectivity index (χ2v) is 4.21. The minimum absolute atomic E-state index is 0.545. The lowest BCUT2D eigenvalue weighted by Gasteiger charge is -2.22. The average molecular weight is 217 g/mol. The molecule has 4 heteroatoms. The highest BCUT2D eigenvalue weighted by atomic mass is 16.2. The molecule has 1 unspecified atom stereocenters.